The minimum Gasteiger partial charge on any atom is -0.207 e. The van der Waals surface area contributed by atoms with E-state index in [9.17, 15) is 8.78 Å². The van der Waals surface area contributed by atoms with E-state index in [1.165, 1.54) is 0 Å². The highest BCUT2D eigenvalue weighted by molar-refractivity contribution is 4.91. The summed E-state index contributed by atoms with van der Waals surface area (Å²) < 4.78 is 25.7. The Kier molecular flexibility index (Phi) is 1.53. The van der Waals surface area contributed by atoms with Gasteiger partial charge in [0.1, 0.15) is 0 Å². The van der Waals surface area contributed by atoms with Crippen LogP contribution >= 0.6 is 0 Å². The molecule has 0 spiro atoms. The van der Waals surface area contributed by atoms with Crippen LogP contribution < -0.4 is 0 Å². The normalized spacial score (nSPS) is 36.3. The lowest BCUT2D eigenvalue weighted by Gasteiger charge is -2.15. The van der Waals surface area contributed by atoms with Crippen molar-refractivity contribution in [2.24, 2.45) is 11.3 Å². The lowest BCUT2D eigenvalue weighted by molar-refractivity contribution is -0.0350. The van der Waals surface area contributed by atoms with E-state index in [1.54, 1.807) is 6.92 Å². The molecule has 0 N–H and O–H groups in total. The summed E-state index contributed by atoms with van der Waals surface area (Å²) in [4.78, 5) is 0. The minimum atomic E-state index is -2.41. The van der Waals surface area contributed by atoms with Crippen molar-refractivity contribution in [2.75, 3.05) is 0 Å². The topological polar surface area (TPSA) is 0 Å². The molecule has 0 aliphatic heterocycles. The van der Waals surface area contributed by atoms with Crippen molar-refractivity contribution in [3.8, 4) is 0 Å². The van der Waals surface area contributed by atoms with Gasteiger partial charge in [0.15, 0.2) is 0 Å². The summed E-state index contributed by atoms with van der Waals surface area (Å²) in [6.07, 6.45) is 0.709. The van der Waals surface area contributed by atoms with Gasteiger partial charge >= 0.3 is 0 Å². The van der Waals surface area contributed by atoms with Crippen molar-refractivity contribution in [3.63, 3.8) is 0 Å². The van der Waals surface area contributed by atoms with Gasteiger partial charge in [-0.3, -0.25) is 0 Å². The van der Waals surface area contributed by atoms with E-state index in [-0.39, 0.29) is 11.8 Å². The zero-order valence-corrected chi connectivity index (χ0v) is 6.75. The number of alkyl halides is 2. The summed E-state index contributed by atoms with van der Waals surface area (Å²) in [6, 6.07) is 0. The largest absolute Gasteiger partial charge is 0.251 e. The number of hydrogen-bond donors (Lipinski definition) is 0. The molecule has 0 radical (unpaired) electrons. The second-order valence-electron chi connectivity index (χ2n) is 4.21. The van der Waals surface area contributed by atoms with Gasteiger partial charge in [0.25, 0.3) is 5.92 Å². The molecule has 0 saturated heterocycles. The molecule has 1 saturated carbocycles. The Balaban J connectivity index is 2.71. The second-order valence-corrected chi connectivity index (χ2v) is 4.21. The number of rotatable bonds is 0. The Bertz CT molecular complexity index is 138. The summed E-state index contributed by atoms with van der Waals surface area (Å²) in [7, 11) is 0. The molecule has 0 aromatic carbocycles. The Morgan fingerprint density at radius 2 is 1.80 bits per heavy atom. The smallest absolute Gasteiger partial charge is 0.207 e. The van der Waals surface area contributed by atoms with E-state index >= 15 is 0 Å². The molecule has 1 rings (SSSR count). The average Bonchev–Trinajstić information content (AvgIpc) is 1.73. The van der Waals surface area contributed by atoms with Crippen molar-refractivity contribution < 1.29 is 8.78 Å². The number of halogens is 2. The summed E-state index contributed by atoms with van der Waals surface area (Å²) in [5.74, 6) is -2.84. The van der Waals surface area contributed by atoms with Crippen molar-refractivity contribution in [1.82, 2.24) is 0 Å². The van der Waals surface area contributed by atoms with Gasteiger partial charge in [-0.25, -0.2) is 8.78 Å². The maximum atomic E-state index is 12.8. The molecule has 10 heavy (non-hydrogen) atoms. The van der Waals surface area contributed by atoms with Gasteiger partial charge in [0, 0.05) is 12.3 Å². The molecular weight excluding hydrogens is 134 g/mol. The third-order valence-corrected chi connectivity index (χ3v) is 2.29. The number of hydrogen-bond acceptors (Lipinski definition) is 0. The average molecular weight is 148 g/mol. The molecule has 1 atom stereocenters. The highest BCUT2D eigenvalue weighted by Gasteiger charge is 2.49. The fourth-order valence-corrected chi connectivity index (χ4v) is 1.86. The minimum absolute atomic E-state index is 0.0567. The highest BCUT2D eigenvalue weighted by atomic mass is 19.3. The molecule has 1 aliphatic carbocycles. The van der Waals surface area contributed by atoms with Crippen LogP contribution in [0.4, 0.5) is 8.78 Å². The molecule has 0 amide bonds. The summed E-state index contributed by atoms with van der Waals surface area (Å²) >= 11 is 0. The molecular formula is C8H14F2. The van der Waals surface area contributed by atoms with Crippen LogP contribution in [0.1, 0.15) is 33.6 Å². The van der Waals surface area contributed by atoms with E-state index in [4.69, 9.17) is 0 Å². The molecule has 0 aromatic heterocycles. The van der Waals surface area contributed by atoms with Crippen LogP contribution in [0.25, 0.3) is 0 Å². The van der Waals surface area contributed by atoms with Crippen molar-refractivity contribution in [1.29, 1.82) is 0 Å². The van der Waals surface area contributed by atoms with Crippen LogP contribution in [-0.2, 0) is 0 Å². The molecule has 0 heterocycles. The molecule has 1 fully saturated rings. The Labute approximate surface area is 60.6 Å². The predicted octanol–water partition coefficient (Wildman–Crippen LogP) is 3.08. The lowest BCUT2D eigenvalue weighted by atomic mass is 9.91. The van der Waals surface area contributed by atoms with E-state index in [2.05, 4.69) is 0 Å². The van der Waals surface area contributed by atoms with Crippen molar-refractivity contribution >= 4 is 0 Å². The van der Waals surface area contributed by atoms with Crippen LogP contribution in [0.15, 0.2) is 0 Å². The second kappa shape index (κ2) is 1.93. The van der Waals surface area contributed by atoms with Crippen molar-refractivity contribution in [2.45, 2.75) is 39.5 Å². The van der Waals surface area contributed by atoms with E-state index < -0.39 is 11.8 Å². The van der Waals surface area contributed by atoms with Gasteiger partial charge in [-0.15, -0.1) is 0 Å². The fourth-order valence-electron chi connectivity index (χ4n) is 1.86. The Hall–Kier alpha value is -0.140. The standard InChI is InChI=1S/C8H14F2/c1-6-4-7(2,3)5-8(6,9)10/h6H,4-5H2,1-3H3. The summed E-state index contributed by atoms with van der Waals surface area (Å²) in [5, 5.41) is 0. The monoisotopic (exact) mass is 148 g/mol. The maximum absolute atomic E-state index is 12.8. The molecule has 60 valence electrons. The molecule has 2 heteroatoms. The third-order valence-electron chi connectivity index (χ3n) is 2.29. The molecule has 1 unspecified atom stereocenters. The van der Waals surface area contributed by atoms with Gasteiger partial charge in [-0.1, -0.05) is 20.8 Å². The van der Waals surface area contributed by atoms with Gasteiger partial charge in [-0.2, -0.15) is 0 Å². The van der Waals surface area contributed by atoms with Gasteiger partial charge in [0.2, 0.25) is 0 Å². The van der Waals surface area contributed by atoms with E-state index in [0.717, 1.165) is 0 Å². The van der Waals surface area contributed by atoms with Gasteiger partial charge in [-0.05, 0) is 11.8 Å². The van der Waals surface area contributed by atoms with Crippen molar-refractivity contribution in [3.05, 3.63) is 0 Å². The third kappa shape index (κ3) is 1.30. The first kappa shape index (κ1) is 7.96. The maximum Gasteiger partial charge on any atom is 0.251 e. The lowest BCUT2D eigenvalue weighted by Crippen LogP contribution is -2.19. The van der Waals surface area contributed by atoms with Crippen LogP contribution in [0.3, 0.4) is 0 Å². The van der Waals surface area contributed by atoms with Gasteiger partial charge in [0.05, 0.1) is 0 Å². The SMILES string of the molecule is CC1CC(C)(C)CC1(F)F. The van der Waals surface area contributed by atoms with E-state index in [0.29, 0.717) is 6.42 Å². The molecule has 0 aromatic rings. The zero-order chi connectivity index (χ0) is 7.99. The Morgan fingerprint density at radius 3 is 1.90 bits per heavy atom. The summed E-state index contributed by atoms with van der Waals surface area (Å²) in [5.41, 5.74) is -0.150. The predicted molar refractivity (Wildman–Crippen MR) is 37.1 cm³/mol. The zero-order valence-electron chi connectivity index (χ0n) is 6.75. The highest BCUT2D eigenvalue weighted by Crippen LogP contribution is 2.50. The first-order chi connectivity index (χ1) is 4.33. The molecule has 0 nitrogen and oxygen atoms in total. The first-order valence-corrected chi connectivity index (χ1v) is 3.71. The molecule has 0 bridgehead atoms. The van der Waals surface area contributed by atoms with Crippen LogP contribution in [0.5, 0.6) is 0 Å². The first-order valence-electron chi connectivity index (χ1n) is 3.71. The fraction of sp³-hybridized carbons (Fsp3) is 1.00. The quantitative estimate of drug-likeness (QED) is 0.495. The molecule has 1 aliphatic rings. The van der Waals surface area contributed by atoms with E-state index in [1.807, 2.05) is 13.8 Å². The Morgan fingerprint density at radius 1 is 1.30 bits per heavy atom. The van der Waals surface area contributed by atoms with Crippen LogP contribution in [0.2, 0.25) is 0 Å². The van der Waals surface area contributed by atoms with Crippen LogP contribution in [-0.4, -0.2) is 5.92 Å². The summed E-state index contributed by atoms with van der Waals surface area (Å²) in [6.45, 7) is 5.45. The van der Waals surface area contributed by atoms with Crippen LogP contribution in [0, 0.1) is 11.3 Å². The van der Waals surface area contributed by atoms with Gasteiger partial charge < -0.3 is 0 Å².